The van der Waals surface area contributed by atoms with Gasteiger partial charge >= 0.3 is 0 Å². The Morgan fingerprint density at radius 2 is 1.68 bits per heavy atom. The molecule has 2 heteroatoms. The average molecular weight is 266 g/mol. The fourth-order valence-corrected chi connectivity index (χ4v) is 4.02. The number of piperazine rings is 1. The maximum absolute atomic E-state index is 3.65. The summed E-state index contributed by atoms with van der Waals surface area (Å²) in [6.45, 7) is 7.40. The van der Waals surface area contributed by atoms with E-state index in [1.54, 1.807) is 0 Å². The van der Waals surface area contributed by atoms with Crippen LogP contribution in [0, 0.1) is 0 Å². The minimum absolute atomic E-state index is 0.542. The molecule has 0 aromatic heterocycles. The lowest BCUT2D eigenvalue weighted by Gasteiger charge is -2.50. The van der Waals surface area contributed by atoms with E-state index >= 15 is 0 Å². The highest BCUT2D eigenvalue weighted by Crippen LogP contribution is 2.34. The molecule has 1 saturated heterocycles. The molecule has 0 radical (unpaired) electrons. The van der Waals surface area contributed by atoms with E-state index in [0.29, 0.717) is 5.54 Å². The zero-order valence-electron chi connectivity index (χ0n) is 13.1. The Labute approximate surface area is 120 Å². The highest BCUT2D eigenvalue weighted by atomic mass is 15.3. The third kappa shape index (κ3) is 4.46. The van der Waals surface area contributed by atoms with Gasteiger partial charge in [-0.3, -0.25) is 4.90 Å². The Balaban J connectivity index is 1.70. The van der Waals surface area contributed by atoms with Gasteiger partial charge in [0.25, 0.3) is 0 Å². The van der Waals surface area contributed by atoms with Gasteiger partial charge in [-0.05, 0) is 25.8 Å². The van der Waals surface area contributed by atoms with Crippen LogP contribution in [0.2, 0.25) is 0 Å². The third-order valence-corrected chi connectivity index (χ3v) is 5.25. The van der Waals surface area contributed by atoms with E-state index in [-0.39, 0.29) is 0 Å². The molecular weight excluding hydrogens is 232 g/mol. The summed E-state index contributed by atoms with van der Waals surface area (Å²) in [4.78, 5) is 2.85. The predicted octanol–water partition coefficient (Wildman–Crippen LogP) is 3.96. The van der Waals surface area contributed by atoms with Gasteiger partial charge in [0.1, 0.15) is 0 Å². The second kappa shape index (κ2) is 8.26. The summed E-state index contributed by atoms with van der Waals surface area (Å²) in [5.74, 6) is 0. The standard InChI is InChI=1S/C17H34N2/c1-2-3-4-5-6-10-14-19-15-13-18-16-17(19)11-8-7-9-12-17/h18H,2-16H2,1H3. The molecular formula is C17H34N2. The van der Waals surface area contributed by atoms with Crippen molar-refractivity contribution < 1.29 is 0 Å². The fraction of sp³-hybridized carbons (Fsp3) is 1.00. The van der Waals surface area contributed by atoms with Crippen LogP contribution in [0.15, 0.2) is 0 Å². The van der Waals surface area contributed by atoms with Crippen LogP contribution >= 0.6 is 0 Å². The van der Waals surface area contributed by atoms with Gasteiger partial charge in [0, 0.05) is 25.2 Å². The predicted molar refractivity (Wildman–Crippen MR) is 83.6 cm³/mol. The Morgan fingerprint density at radius 3 is 2.47 bits per heavy atom. The van der Waals surface area contributed by atoms with Crippen LogP contribution in [0.5, 0.6) is 0 Å². The molecule has 2 rings (SSSR count). The van der Waals surface area contributed by atoms with Crippen molar-refractivity contribution in [2.75, 3.05) is 26.2 Å². The molecule has 0 bridgehead atoms. The number of rotatable bonds is 7. The first-order valence-corrected chi connectivity index (χ1v) is 8.83. The van der Waals surface area contributed by atoms with Crippen molar-refractivity contribution in [3.8, 4) is 0 Å². The van der Waals surface area contributed by atoms with Crippen LogP contribution in [0.4, 0.5) is 0 Å². The van der Waals surface area contributed by atoms with Crippen molar-refractivity contribution in [1.82, 2.24) is 10.2 Å². The summed E-state index contributed by atoms with van der Waals surface area (Å²) in [5, 5.41) is 3.65. The highest BCUT2D eigenvalue weighted by molar-refractivity contribution is 4.97. The number of nitrogens with zero attached hydrogens (tertiary/aromatic N) is 1. The first kappa shape index (κ1) is 15.3. The maximum Gasteiger partial charge on any atom is 0.0334 e. The van der Waals surface area contributed by atoms with Crippen molar-refractivity contribution in [2.45, 2.75) is 83.1 Å². The first-order valence-electron chi connectivity index (χ1n) is 8.83. The van der Waals surface area contributed by atoms with E-state index in [1.165, 1.54) is 96.8 Å². The summed E-state index contributed by atoms with van der Waals surface area (Å²) in [7, 11) is 0. The lowest BCUT2D eigenvalue weighted by atomic mass is 9.79. The van der Waals surface area contributed by atoms with Gasteiger partial charge < -0.3 is 5.32 Å². The van der Waals surface area contributed by atoms with Crippen LogP contribution in [-0.4, -0.2) is 36.6 Å². The molecule has 2 nitrogen and oxygen atoms in total. The molecule has 0 amide bonds. The zero-order valence-corrected chi connectivity index (χ0v) is 13.1. The number of hydrogen-bond donors (Lipinski definition) is 1. The normalized spacial score (nSPS) is 23.8. The molecule has 1 aliphatic heterocycles. The molecule has 1 spiro atoms. The molecule has 19 heavy (non-hydrogen) atoms. The van der Waals surface area contributed by atoms with Crippen LogP contribution in [-0.2, 0) is 0 Å². The van der Waals surface area contributed by atoms with Crippen molar-refractivity contribution in [1.29, 1.82) is 0 Å². The fourth-order valence-electron chi connectivity index (χ4n) is 4.02. The summed E-state index contributed by atoms with van der Waals surface area (Å²) in [6.07, 6.45) is 15.8. The van der Waals surface area contributed by atoms with Gasteiger partial charge in [-0.15, -0.1) is 0 Å². The molecule has 2 fully saturated rings. The lowest BCUT2D eigenvalue weighted by Crippen LogP contribution is -2.62. The molecule has 0 aromatic rings. The van der Waals surface area contributed by atoms with E-state index in [1.807, 2.05) is 0 Å². The highest BCUT2D eigenvalue weighted by Gasteiger charge is 2.38. The Bertz CT molecular complexity index is 225. The van der Waals surface area contributed by atoms with Crippen molar-refractivity contribution >= 4 is 0 Å². The molecule has 1 heterocycles. The topological polar surface area (TPSA) is 15.3 Å². The molecule has 0 unspecified atom stereocenters. The van der Waals surface area contributed by atoms with Gasteiger partial charge in [-0.1, -0.05) is 58.3 Å². The molecule has 0 aromatic carbocycles. The monoisotopic (exact) mass is 266 g/mol. The molecule has 1 saturated carbocycles. The maximum atomic E-state index is 3.65. The average Bonchev–Trinajstić information content (AvgIpc) is 2.45. The van der Waals surface area contributed by atoms with Gasteiger partial charge in [0.15, 0.2) is 0 Å². The second-order valence-electron chi connectivity index (χ2n) is 6.72. The van der Waals surface area contributed by atoms with Crippen LogP contribution in [0.1, 0.15) is 77.6 Å². The van der Waals surface area contributed by atoms with Crippen LogP contribution in [0.25, 0.3) is 0 Å². The summed E-state index contributed by atoms with van der Waals surface area (Å²) < 4.78 is 0. The van der Waals surface area contributed by atoms with E-state index in [9.17, 15) is 0 Å². The van der Waals surface area contributed by atoms with Crippen molar-refractivity contribution in [3.05, 3.63) is 0 Å². The van der Waals surface area contributed by atoms with Crippen LogP contribution in [0.3, 0.4) is 0 Å². The van der Waals surface area contributed by atoms with Gasteiger partial charge in [0.05, 0.1) is 0 Å². The number of nitrogens with one attached hydrogen (secondary N) is 1. The quantitative estimate of drug-likeness (QED) is 0.702. The van der Waals surface area contributed by atoms with E-state index in [2.05, 4.69) is 17.1 Å². The second-order valence-corrected chi connectivity index (χ2v) is 6.72. The van der Waals surface area contributed by atoms with E-state index in [4.69, 9.17) is 0 Å². The zero-order chi connectivity index (χ0) is 13.4. The van der Waals surface area contributed by atoms with Gasteiger partial charge in [-0.25, -0.2) is 0 Å². The van der Waals surface area contributed by atoms with E-state index in [0.717, 1.165) is 0 Å². The number of hydrogen-bond acceptors (Lipinski definition) is 2. The number of unbranched alkanes of at least 4 members (excludes halogenated alkanes) is 5. The Kier molecular flexibility index (Phi) is 6.66. The molecule has 1 aliphatic carbocycles. The van der Waals surface area contributed by atoms with Gasteiger partial charge in [0.2, 0.25) is 0 Å². The van der Waals surface area contributed by atoms with E-state index < -0.39 is 0 Å². The van der Waals surface area contributed by atoms with Gasteiger partial charge in [-0.2, -0.15) is 0 Å². The SMILES string of the molecule is CCCCCCCCN1CCNCC12CCCCC2. The van der Waals surface area contributed by atoms with Crippen molar-refractivity contribution in [2.24, 2.45) is 0 Å². The Hall–Kier alpha value is -0.0800. The lowest BCUT2D eigenvalue weighted by molar-refractivity contribution is 0.0263. The molecule has 1 N–H and O–H groups in total. The molecule has 0 atom stereocenters. The minimum atomic E-state index is 0.542. The molecule has 112 valence electrons. The summed E-state index contributed by atoms with van der Waals surface area (Å²) >= 11 is 0. The third-order valence-electron chi connectivity index (χ3n) is 5.25. The summed E-state index contributed by atoms with van der Waals surface area (Å²) in [6, 6.07) is 0. The van der Waals surface area contributed by atoms with Crippen molar-refractivity contribution in [3.63, 3.8) is 0 Å². The van der Waals surface area contributed by atoms with Crippen LogP contribution < -0.4 is 5.32 Å². The Morgan fingerprint density at radius 1 is 0.947 bits per heavy atom. The first-order chi connectivity index (χ1) is 9.37. The summed E-state index contributed by atoms with van der Waals surface area (Å²) in [5.41, 5.74) is 0.542. The largest absolute Gasteiger partial charge is 0.314 e. The smallest absolute Gasteiger partial charge is 0.0334 e. The molecule has 2 aliphatic rings. The minimum Gasteiger partial charge on any atom is -0.314 e.